The quantitative estimate of drug-likeness (QED) is 0.228. The van der Waals surface area contributed by atoms with Gasteiger partial charge in [-0.2, -0.15) is 0 Å². The maximum Gasteiger partial charge on any atom is 0.267 e. The summed E-state index contributed by atoms with van der Waals surface area (Å²) < 4.78 is 12.7. The van der Waals surface area contributed by atoms with E-state index < -0.39 is 0 Å². The minimum absolute atomic E-state index is 0.215. The Morgan fingerprint density at radius 1 is 1.00 bits per heavy atom. The van der Waals surface area contributed by atoms with E-state index in [0.29, 0.717) is 57.3 Å². The molecule has 1 amide bonds. The molecule has 2 aromatic carbocycles. The van der Waals surface area contributed by atoms with Crippen molar-refractivity contribution in [3.8, 4) is 11.5 Å². The van der Waals surface area contributed by atoms with E-state index in [1.54, 1.807) is 37.5 Å². The third-order valence-electron chi connectivity index (χ3n) is 7.40. The highest BCUT2D eigenvalue weighted by molar-refractivity contribution is 8.26. The first-order valence-corrected chi connectivity index (χ1v) is 14.5. The van der Waals surface area contributed by atoms with E-state index in [0.717, 1.165) is 18.5 Å². The molecular weight excluding hydrogens is 556 g/mol. The van der Waals surface area contributed by atoms with Gasteiger partial charge in [0.2, 0.25) is 0 Å². The zero-order chi connectivity index (χ0) is 28.5. The number of thiocarbonyl (C=S) groups is 1. The number of carbonyl (C=O) groups is 1. The van der Waals surface area contributed by atoms with Crippen LogP contribution < -0.4 is 19.9 Å². The van der Waals surface area contributed by atoms with Crippen LogP contribution >= 0.6 is 24.0 Å². The minimum atomic E-state index is -0.222. The van der Waals surface area contributed by atoms with Crippen LogP contribution in [0.4, 0.5) is 5.82 Å². The number of amides is 1. The number of fused-ring (bicyclic) bond motifs is 2. The topological polar surface area (TPSA) is 76.4 Å². The third-order valence-corrected chi connectivity index (χ3v) is 8.78. The number of pyridine rings is 1. The number of methoxy groups -OCH3 is 2. The van der Waals surface area contributed by atoms with Crippen LogP contribution in [0.2, 0.25) is 0 Å². The predicted octanol–water partition coefficient (Wildman–Crippen LogP) is 4.72. The van der Waals surface area contributed by atoms with Gasteiger partial charge in [-0.05, 0) is 59.9 Å². The Morgan fingerprint density at radius 3 is 2.59 bits per heavy atom. The standard InChI is InChI=1S/C31H28N4O4S2/c1-38-24-11-10-20(17-25(24)39-2)12-16-35-30(37)26(41-31(35)40)18-23-28(32-27-9-5-6-14-34(27)29(23)36)33-15-13-21-7-3-4-8-22(21)19-33/h3-11,14,17-18H,12-13,15-16,19H2,1-2H3. The average molecular weight is 585 g/mol. The number of thioether (sulfide) groups is 1. The van der Waals surface area contributed by atoms with Crippen molar-refractivity contribution < 1.29 is 14.3 Å². The second-order valence-corrected chi connectivity index (χ2v) is 11.5. The molecule has 0 atom stereocenters. The number of benzene rings is 2. The van der Waals surface area contributed by atoms with E-state index in [-0.39, 0.29) is 11.5 Å². The number of anilines is 1. The van der Waals surface area contributed by atoms with Crippen molar-refractivity contribution >= 4 is 51.7 Å². The van der Waals surface area contributed by atoms with Crippen molar-refractivity contribution in [2.45, 2.75) is 19.4 Å². The van der Waals surface area contributed by atoms with Crippen LogP contribution in [0.15, 0.2) is 76.6 Å². The Hall–Kier alpha value is -4.15. The molecule has 4 aromatic rings. The van der Waals surface area contributed by atoms with Crippen molar-refractivity contribution in [2.24, 2.45) is 0 Å². The van der Waals surface area contributed by atoms with Crippen molar-refractivity contribution in [2.75, 3.05) is 32.2 Å². The molecule has 2 aromatic heterocycles. The molecular formula is C31H28N4O4S2. The molecule has 1 saturated heterocycles. The summed E-state index contributed by atoms with van der Waals surface area (Å²) in [6, 6.07) is 19.5. The van der Waals surface area contributed by atoms with Crippen LogP contribution in [0.1, 0.15) is 22.3 Å². The molecule has 4 heterocycles. The molecule has 0 aliphatic carbocycles. The van der Waals surface area contributed by atoms with E-state index >= 15 is 0 Å². The molecule has 0 bridgehead atoms. The van der Waals surface area contributed by atoms with E-state index in [9.17, 15) is 9.59 Å². The lowest BCUT2D eigenvalue weighted by Crippen LogP contribution is -2.34. The summed E-state index contributed by atoms with van der Waals surface area (Å²) in [4.78, 5) is 36.4. The van der Waals surface area contributed by atoms with Gasteiger partial charge in [-0.3, -0.25) is 18.9 Å². The van der Waals surface area contributed by atoms with Gasteiger partial charge in [0.1, 0.15) is 15.8 Å². The summed E-state index contributed by atoms with van der Waals surface area (Å²) in [6.45, 7) is 1.76. The van der Waals surface area contributed by atoms with Gasteiger partial charge >= 0.3 is 0 Å². The number of rotatable bonds is 7. The Kier molecular flexibility index (Phi) is 7.51. The Bertz CT molecular complexity index is 1770. The number of hydrogen-bond donors (Lipinski definition) is 0. The molecule has 8 nitrogen and oxygen atoms in total. The molecule has 1 fully saturated rings. The highest BCUT2D eigenvalue weighted by atomic mass is 32.2. The summed E-state index contributed by atoms with van der Waals surface area (Å²) in [7, 11) is 3.19. The number of aromatic nitrogens is 2. The molecule has 0 spiro atoms. The van der Waals surface area contributed by atoms with Crippen LogP contribution in [-0.4, -0.2) is 51.8 Å². The molecule has 6 rings (SSSR count). The second kappa shape index (κ2) is 11.4. The first-order chi connectivity index (χ1) is 20.0. The van der Waals surface area contributed by atoms with E-state index in [1.165, 1.54) is 27.3 Å². The zero-order valence-electron chi connectivity index (χ0n) is 22.7. The van der Waals surface area contributed by atoms with Crippen molar-refractivity contribution in [3.05, 3.63) is 104 Å². The van der Waals surface area contributed by atoms with Gasteiger partial charge < -0.3 is 14.4 Å². The molecule has 0 unspecified atom stereocenters. The van der Waals surface area contributed by atoms with Crippen LogP contribution in [0, 0.1) is 0 Å². The number of nitrogens with zero attached hydrogens (tertiary/aromatic N) is 4. The van der Waals surface area contributed by atoms with Crippen LogP contribution in [-0.2, 0) is 24.2 Å². The fourth-order valence-electron chi connectivity index (χ4n) is 5.24. The largest absolute Gasteiger partial charge is 0.493 e. The summed E-state index contributed by atoms with van der Waals surface area (Å²) in [5.74, 6) is 1.64. The zero-order valence-corrected chi connectivity index (χ0v) is 24.3. The van der Waals surface area contributed by atoms with Gasteiger partial charge in [-0.15, -0.1) is 0 Å². The molecule has 2 aliphatic rings. The average Bonchev–Trinajstić information content (AvgIpc) is 3.28. The highest BCUT2D eigenvalue weighted by Gasteiger charge is 2.33. The fraction of sp³-hybridized carbons (Fsp3) is 0.226. The van der Waals surface area contributed by atoms with E-state index in [2.05, 4.69) is 17.0 Å². The van der Waals surface area contributed by atoms with Gasteiger partial charge in [-0.1, -0.05) is 60.4 Å². The number of ether oxygens (including phenoxy) is 2. The van der Waals surface area contributed by atoms with Gasteiger partial charge in [0.25, 0.3) is 11.5 Å². The minimum Gasteiger partial charge on any atom is -0.493 e. The van der Waals surface area contributed by atoms with Crippen LogP contribution in [0.5, 0.6) is 11.5 Å². The molecule has 2 aliphatic heterocycles. The van der Waals surface area contributed by atoms with Gasteiger partial charge in [0.15, 0.2) is 11.5 Å². The van der Waals surface area contributed by atoms with Gasteiger partial charge in [0.05, 0.1) is 24.7 Å². The second-order valence-electron chi connectivity index (χ2n) is 9.80. The molecule has 0 radical (unpaired) electrons. The Morgan fingerprint density at radius 2 is 1.78 bits per heavy atom. The lowest BCUT2D eigenvalue weighted by molar-refractivity contribution is -0.122. The maximum atomic E-state index is 13.8. The summed E-state index contributed by atoms with van der Waals surface area (Å²) in [5, 5.41) is 0. The number of carbonyl (C=O) groups excluding carboxylic acids is 1. The molecule has 41 heavy (non-hydrogen) atoms. The SMILES string of the molecule is COc1ccc(CCN2C(=O)C(=Cc3c(N4CCc5ccccc5C4)nc4ccccn4c3=O)SC2=S)cc1OC. The highest BCUT2D eigenvalue weighted by Crippen LogP contribution is 2.35. The van der Waals surface area contributed by atoms with Crippen LogP contribution in [0.25, 0.3) is 11.7 Å². The number of hydrogen-bond acceptors (Lipinski definition) is 8. The molecule has 0 N–H and O–H groups in total. The summed E-state index contributed by atoms with van der Waals surface area (Å²) in [6.07, 6.45) is 4.80. The van der Waals surface area contributed by atoms with E-state index in [4.69, 9.17) is 26.7 Å². The predicted molar refractivity (Wildman–Crippen MR) is 166 cm³/mol. The maximum absolute atomic E-state index is 13.8. The lowest BCUT2D eigenvalue weighted by atomic mass is 9.99. The summed E-state index contributed by atoms with van der Waals surface area (Å²) in [5.41, 5.74) is 4.23. The molecule has 10 heteroatoms. The lowest BCUT2D eigenvalue weighted by Gasteiger charge is -2.30. The first kappa shape index (κ1) is 27.0. The van der Waals surface area contributed by atoms with Gasteiger partial charge in [0, 0.05) is 25.8 Å². The third kappa shape index (κ3) is 5.20. The fourth-order valence-corrected chi connectivity index (χ4v) is 6.53. The van der Waals surface area contributed by atoms with Crippen molar-refractivity contribution in [3.63, 3.8) is 0 Å². The molecule has 0 saturated carbocycles. The van der Waals surface area contributed by atoms with Crippen LogP contribution in [0.3, 0.4) is 0 Å². The summed E-state index contributed by atoms with van der Waals surface area (Å²) >= 11 is 6.81. The molecule has 208 valence electrons. The monoisotopic (exact) mass is 584 g/mol. The Balaban J connectivity index is 1.32. The van der Waals surface area contributed by atoms with Crippen molar-refractivity contribution in [1.29, 1.82) is 0 Å². The van der Waals surface area contributed by atoms with Crippen molar-refractivity contribution in [1.82, 2.24) is 14.3 Å². The smallest absolute Gasteiger partial charge is 0.267 e. The first-order valence-electron chi connectivity index (χ1n) is 13.3. The normalized spacial score (nSPS) is 16.0. The Labute approximate surface area is 247 Å². The van der Waals surface area contributed by atoms with E-state index in [1.807, 2.05) is 42.5 Å². The van der Waals surface area contributed by atoms with Gasteiger partial charge in [-0.25, -0.2) is 4.98 Å².